The highest BCUT2D eigenvalue weighted by Crippen LogP contribution is 2.19. The minimum Gasteiger partial charge on any atom is -0.376 e. The maximum absolute atomic E-state index is 12.8. The van der Waals surface area contributed by atoms with Crippen LogP contribution in [0.5, 0.6) is 0 Å². The predicted molar refractivity (Wildman–Crippen MR) is 131 cm³/mol. The number of fused-ring (bicyclic) bond motifs is 1. The van der Waals surface area contributed by atoms with Crippen LogP contribution in [0.25, 0.3) is 10.9 Å². The molecule has 0 bridgehead atoms. The van der Waals surface area contributed by atoms with Crippen LogP contribution in [0.15, 0.2) is 53.3 Å². The number of thiocarbonyl (C=S) groups is 1. The summed E-state index contributed by atoms with van der Waals surface area (Å²) in [6, 6.07) is 16.3. The Balaban J connectivity index is 1.60. The van der Waals surface area contributed by atoms with Crippen molar-refractivity contribution in [3.63, 3.8) is 0 Å². The standard InChI is InChI=1S/C25H29N3O2S/c1-3-18-8-11-23-19(13-18)14-20(24(29)27-23)15-28(16-22-5-4-12-30-22)25(31)26-21-9-6-17(2)7-10-21/h6-11,13-14,22H,3-5,12,15-16H2,1-2H3,(H,26,31)(H,27,29)/t22-/m1/s1. The molecule has 0 unspecified atom stereocenters. The van der Waals surface area contributed by atoms with Crippen molar-refractivity contribution in [3.05, 3.63) is 75.6 Å². The summed E-state index contributed by atoms with van der Waals surface area (Å²) < 4.78 is 5.85. The Morgan fingerprint density at radius 2 is 2.03 bits per heavy atom. The molecule has 0 amide bonds. The third-order valence-corrected chi connectivity index (χ3v) is 6.15. The van der Waals surface area contributed by atoms with Crippen LogP contribution in [0.1, 0.15) is 36.5 Å². The Labute approximate surface area is 188 Å². The molecule has 6 heteroatoms. The van der Waals surface area contributed by atoms with E-state index in [4.69, 9.17) is 17.0 Å². The molecule has 5 nitrogen and oxygen atoms in total. The maximum atomic E-state index is 12.8. The first kappa shape index (κ1) is 21.5. The number of aryl methyl sites for hydroxylation is 2. The minimum atomic E-state index is -0.0766. The lowest BCUT2D eigenvalue weighted by Crippen LogP contribution is -2.40. The number of nitrogens with zero attached hydrogens (tertiary/aromatic N) is 1. The van der Waals surface area contributed by atoms with Crippen molar-refractivity contribution in [1.82, 2.24) is 9.88 Å². The molecule has 0 radical (unpaired) electrons. The van der Waals surface area contributed by atoms with E-state index in [1.165, 1.54) is 11.1 Å². The fourth-order valence-corrected chi connectivity index (χ4v) is 4.19. The number of hydrogen-bond donors (Lipinski definition) is 2. The fraction of sp³-hybridized carbons (Fsp3) is 0.360. The van der Waals surface area contributed by atoms with Gasteiger partial charge in [0.1, 0.15) is 0 Å². The summed E-state index contributed by atoms with van der Waals surface area (Å²) in [7, 11) is 0. The van der Waals surface area contributed by atoms with Gasteiger partial charge in [0.15, 0.2) is 5.11 Å². The molecule has 4 rings (SSSR count). The third-order valence-electron chi connectivity index (χ3n) is 5.79. The van der Waals surface area contributed by atoms with Gasteiger partial charge >= 0.3 is 0 Å². The Hall–Kier alpha value is -2.70. The SMILES string of the molecule is CCc1ccc2[nH]c(=O)c(CN(C[C@H]3CCCO3)C(=S)Nc3ccc(C)cc3)cc2c1. The van der Waals surface area contributed by atoms with Gasteiger partial charge in [0, 0.05) is 29.9 Å². The Morgan fingerprint density at radius 3 is 2.74 bits per heavy atom. The second-order valence-corrected chi connectivity index (χ2v) is 8.60. The van der Waals surface area contributed by atoms with Crippen molar-refractivity contribution >= 4 is 33.9 Å². The summed E-state index contributed by atoms with van der Waals surface area (Å²) in [6.07, 6.45) is 3.16. The van der Waals surface area contributed by atoms with Crippen molar-refractivity contribution in [2.24, 2.45) is 0 Å². The number of anilines is 1. The van der Waals surface area contributed by atoms with E-state index in [9.17, 15) is 4.79 Å². The predicted octanol–water partition coefficient (Wildman–Crippen LogP) is 4.78. The second-order valence-electron chi connectivity index (χ2n) is 8.21. The zero-order valence-corrected chi connectivity index (χ0v) is 18.9. The first-order valence-corrected chi connectivity index (χ1v) is 11.3. The van der Waals surface area contributed by atoms with E-state index >= 15 is 0 Å². The lowest BCUT2D eigenvalue weighted by molar-refractivity contribution is 0.0904. The summed E-state index contributed by atoms with van der Waals surface area (Å²) in [5, 5.41) is 4.97. The van der Waals surface area contributed by atoms with Gasteiger partial charge in [-0.3, -0.25) is 4.79 Å². The highest BCUT2D eigenvalue weighted by molar-refractivity contribution is 7.80. The molecule has 1 saturated heterocycles. The molecule has 0 aliphatic carbocycles. The first-order chi connectivity index (χ1) is 15.0. The lowest BCUT2D eigenvalue weighted by Gasteiger charge is -2.28. The van der Waals surface area contributed by atoms with E-state index in [1.54, 1.807) is 0 Å². The summed E-state index contributed by atoms with van der Waals surface area (Å²) in [5.74, 6) is 0. The smallest absolute Gasteiger partial charge is 0.253 e. The number of aromatic amines is 1. The molecule has 1 atom stereocenters. The zero-order valence-electron chi connectivity index (χ0n) is 18.1. The molecule has 2 N–H and O–H groups in total. The largest absolute Gasteiger partial charge is 0.376 e. The van der Waals surface area contributed by atoms with Crippen molar-refractivity contribution < 1.29 is 4.74 Å². The number of benzene rings is 2. The van der Waals surface area contributed by atoms with E-state index in [0.29, 0.717) is 23.8 Å². The van der Waals surface area contributed by atoms with Crippen molar-refractivity contribution in [2.45, 2.75) is 45.8 Å². The highest BCUT2D eigenvalue weighted by atomic mass is 32.1. The highest BCUT2D eigenvalue weighted by Gasteiger charge is 2.22. The first-order valence-electron chi connectivity index (χ1n) is 10.9. The van der Waals surface area contributed by atoms with Gasteiger partial charge in [-0.2, -0.15) is 0 Å². The van der Waals surface area contributed by atoms with Crippen LogP contribution < -0.4 is 10.9 Å². The number of aromatic nitrogens is 1. The molecule has 0 spiro atoms. The van der Waals surface area contributed by atoms with E-state index in [1.807, 2.05) is 29.2 Å². The molecule has 2 aromatic carbocycles. The quantitative estimate of drug-likeness (QED) is 0.546. The minimum absolute atomic E-state index is 0.0766. The Kier molecular flexibility index (Phi) is 6.68. The molecular weight excluding hydrogens is 406 g/mol. The van der Waals surface area contributed by atoms with Gasteiger partial charge in [0.2, 0.25) is 0 Å². The van der Waals surface area contributed by atoms with Gasteiger partial charge in [0.05, 0.1) is 12.6 Å². The Bertz CT molecular complexity index is 1120. The molecule has 31 heavy (non-hydrogen) atoms. The number of rotatable bonds is 6. The van der Waals surface area contributed by atoms with Crippen molar-refractivity contribution in [3.8, 4) is 0 Å². The second kappa shape index (κ2) is 9.62. The van der Waals surface area contributed by atoms with Crippen LogP contribution in [0.4, 0.5) is 5.69 Å². The van der Waals surface area contributed by atoms with Crippen LogP contribution in [-0.4, -0.2) is 34.3 Å². The van der Waals surface area contributed by atoms with Crippen molar-refractivity contribution in [2.75, 3.05) is 18.5 Å². The van der Waals surface area contributed by atoms with Crippen LogP contribution in [0, 0.1) is 6.92 Å². The average molecular weight is 436 g/mol. The molecule has 1 aromatic heterocycles. The molecule has 1 aliphatic rings. The summed E-state index contributed by atoms with van der Waals surface area (Å²) in [6.45, 7) is 6.06. The number of H-pyrrole nitrogens is 1. The van der Waals surface area contributed by atoms with Crippen LogP contribution >= 0.6 is 12.2 Å². The zero-order chi connectivity index (χ0) is 21.8. The monoisotopic (exact) mass is 435 g/mol. The molecule has 1 aliphatic heterocycles. The molecule has 1 fully saturated rings. The lowest BCUT2D eigenvalue weighted by atomic mass is 10.1. The molecule has 0 saturated carbocycles. The topological polar surface area (TPSA) is 57.4 Å². The number of nitrogens with one attached hydrogen (secondary N) is 2. The number of pyridine rings is 1. The normalized spacial score (nSPS) is 15.9. The molecule has 2 heterocycles. The van der Waals surface area contributed by atoms with Gasteiger partial charge in [-0.25, -0.2) is 0 Å². The summed E-state index contributed by atoms with van der Waals surface area (Å²) >= 11 is 5.75. The van der Waals surface area contributed by atoms with E-state index in [2.05, 4.69) is 48.4 Å². The average Bonchev–Trinajstić information content (AvgIpc) is 3.28. The Morgan fingerprint density at radius 1 is 1.23 bits per heavy atom. The summed E-state index contributed by atoms with van der Waals surface area (Å²) in [5.41, 5.74) is 4.86. The van der Waals surface area contributed by atoms with E-state index in [-0.39, 0.29) is 11.7 Å². The van der Waals surface area contributed by atoms with Crippen LogP contribution in [0.2, 0.25) is 0 Å². The van der Waals surface area contributed by atoms with E-state index < -0.39 is 0 Å². The number of hydrogen-bond acceptors (Lipinski definition) is 3. The fourth-order valence-electron chi connectivity index (χ4n) is 3.94. The van der Waals surface area contributed by atoms with Gasteiger partial charge in [-0.1, -0.05) is 30.7 Å². The molecule has 162 valence electrons. The van der Waals surface area contributed by atoms with Gasteiger partial charge < -0.3 is 19.9 Å². The van der Waals surface area contributed by atoms with Crippen molar-refractivity contribution in [1.29, 1.82) is 0 Å². The van der Waals surface area contributed by atoms with Gasteiger partial charge in [-0.15, -0.1) is 0 Å². The summed E-state index contributed by atoms with van der Waals surface area (Å²) in [4.78, 5) is 17.9. The van der Waals surface area contributed by atoms with Gasteiger partial charge in [0.25, 0.3) is 5.56 Å². The van der Waals surface area contributed by atoms with Crippen LogP contribution in [-0.2, 0) is 17.7 Å². The number of ether oxygens (including phenoxy) is 1. The maximum Gasteiger partial charge on any atom is 0.253 e. The molecule has 3 aromatic rings. The van der Waals surface area contributed by atoms with Gasteiger partial charge in [-0.05, 0) is 79.7 Å². The molecular formula is C25H29N3O2S. The van der Waals surface area contributed by atoms with Crippen LogP contribution in [0.3, 0.4) is 0 Å². The third kappa shape index (κ3) is 5.32. The van der Waals surface area contributed by atoms with E-state index in [0.717, 1.165) is 42.5 Å².